The molecule has 0 bridgehead atoms. The van der Waals surface area contributed by atoms with Gasteiger partial charge in [-0.05, 0) is 55.9 Å². The van der Waals surface area contributed by atoms with Gasteiger partial charge in [0.25, 0.3) is 0 Å². The first-order valence-electron chi connectivity index (χ1n) is 8.64. The number of rotatable bonds is 1. The van der Waals surface area contributed by atoms with Crippen LogP contribution in [0.1, 0.15) is 62.8 Å². The van der Waals surface area contributed by atoms with Gasteiger partial charge in [0, 0.05) is 12.3 Å². The zero-order valence-corrected chi connectivity index (χ0v) is 12.7. The Kier molecular flexibility index (Phi) is 3.45. The Bertz CT molecular complexity index is 569. The summed E-state index contributed by atoms with van der Waals surface area (Å²) in [5.74, 6) is 1.74. The van der Waals surface area contributed by atoms with E-state index in [1.165, 1.54) is 50.5 Å². The normalized spacial score (nSPS) is 32.6. The van der Waals surface area contributed by atoms with Gasteiger partial charge in [-0.2, -0.15) is 0 Å². The van der Waals surface area contributed by atoms with Crippen LogP contribution in [-0.4, -0.2) is 5.78 Å². The van der Waals surface area contributed by atoms with Crippen molar-refractivity contribution in [3.63, 3.8) is 0 Å². The van der Waals surface area contributed by atoms with Crippen LogP contribution < -0.4 is 0 Å². The maximum absolute atomic E-state index is 13.0. The first-order chi connectivity index (χ1) is 10.3. The van der Waals surface area contributed by atoms with Gasteiger partial charge >= 0.3 is 0 Å². The molecule has 0 aliphatic heterocycles. The third kappa shape index (κ3) is 2.27. The Balaban J connectivity index is 1.80. The summed E-state index contributed by atoms with van der Waals surface area (Å²) < 4.78 is 0. The molecule has 3 atom stereocenters. The molecule has 0 N–H and O–H groups in total. The minimum absolute atomic E-state index is 0.139. The minimum Gasteiger partial charge on any atom is -0.299 e. The van der Waals surface area contributed by atoms with Gasteiger partial charge in [-0.25, -0.2) is 0 Å². The predicted octanol–water partition coefficient (Wildman–Crippen LogP) is 5.03. The van der Waals surface area contributed by atoms with Crippen LogP contribution >= 0.6 is 0 Å². The van der Waals surface area contributed by atoms with Crippen molar-refractivity contribution in [1.82, 2.24) is 0 Å². The number of hydrogen-bond donors (Lipinski definition) is 0. The lowest BCUT2D eigenvalue weighted by molar-refractivity contribution is -0.121. The molecule has 3 aliphatic rings. The second-order valence-electron chi connectivity index (χ2n) is 7.05. The molecule has 21 heavy (non-hydrogen) atoms. The van der Waals surface area contributed by atoms with Gasteiger partial charge < -0.3 is 0 Å². The molecular formula is C20H24O. The Morgan fingerprint density at radius 2 is 1.67 bits per heavy atom. The lowest BCUT2D eigenvalue weighted by atomic mass is 9.72. The van der Waals surface area contributed by atoms with E-state index in [0.29, 0.717) is 17.6 Å². The number of allylic oxidation sites excluding steroid dienone is 2. The Hall–Kier alpha value is -1.37. The zero-order valence-electron chi connectivity index (χ0n) is 12.7. The van der Waals surface area contributed by atoms with Crippen molar-refractivity contribution in [2.24, 2.45) is 11.8 Å². The zero-order chi connectivity index (χ0) is 14.2. The Morgan fingerprint density at radius 1 is 0.857 bits per heavy atom. The summed E-state index contributed by atoms with van der Waals surface area (Å²) in [4.78, 5) is 13.0. The second kappa shape index (κ2) is 5.44. The topological polar surface area (TPSA) is 17.1 Å². The second-order valence-corrected chi connectivity index (χ2v) is 7.05. The van der Waals surface area contributed by atoms with Crippen LogP contribution in [0.4, 0.5) is 0 Å². The summed E-state index contributed by atoms with van der Waals surface area (Å²) in [6.07, 6.45) is 9.73. The number of fused-ring (bicyclic) bond motifs is 2. The van der Waals surface area contributed by atoms with E-state index in [0.717, 1.165) is 6.42 Å². The van der Waals surface area contributed by atoms with Gasteiger partial charge in [-0.15, -0.1) is 0 Å². The highest BCUT2D eigenvalue weighted by Crippen LogP contribution is 2.50. The fourth-order valence-electron chi connectivity index (χ4n) is 5.04. The van der Waals surface area contributed by atoms with E-state index < -0.39 is 0 Å². The first-order valence-corrected chi connectivity index (χ1v) is 8.64. The van der Waals surface area contributed by atoms with Gasteiger partial charge in [0.05, 0.1) is 0 Å². The quantitative estimate of drug-likeness (QED) is 0.659. The van der Waals surface area contributed by atoms with Crippen molar-refractivity contribution < 1.29 is 4.79 Å². The fraction of sp³-hybridized carbons (Fsp3) is 0.550. The molecule has 0 spiro atoms. The molecular weight excluding hydrogens is 256 g/mol. The van der Waals surface area contributed by atoms with Gasteiger partial charge in [0.15, 0.2) is 0 Å². The average Bonchev–Trinajstić information content (AvgIpc) is 2.93. The maximum Gasteiger partial charge on any atom is 0.141 e. The highest BCUT2D eigenvalue weighted by atomic mass is 16.1. The number of carbonyl (C=O) groups excluding carboxylic acids is 1. The monoisotopic (exact) mass is 280 g/mol. The number of hydrogen-bond acceptors (Lipinski definition) is 1. The molecule has 0 amide bonds. The van der Waals surface area contributed by atoms with Crippen LogP contribution in [0.3, 0.4) is 0 Å². The van der Waals surface area contributed by atoms with Crippen LogP contribution in [-0.2, 0) is 4.79 Å². The molecule has 0 radical (unpaired) electrons. The van der Waals surface area contributed by atoms with Gasteiger partial charge in [-0.3, -0.25) is 4.79 Å². The third-order valence-corrected chi connectivity index (χ3v) is 5.92. The van der Waals surface area contributed by atoms with Gasteiger partial charge in [0.2, 0.25) is 0 Å². The van der Waals surface area contributed by atoms with E-state index in [9.17, 15) is 4.79 Å². The van der Waals surface area contributed by atoms with Crippen LogP contribution in [0.15, 0.2) is 41.5 Å². The SMILES string of the molecule is O=C1C[C@@H]2CCCC2=C2CCCC[C@@H]2C1c1ccccc1. The predicted molar refractivity (Wildman–Crippen MR) is 85.1 cm³/mol. The minimum atomic E-state index is 0.139. The van der Waals surface area contributed by atoms with E-state index in [4.69, 9.17) is 0 Å². The molecule has 2 fully saturated rings. The van der Waals surface area contributed by atoms with E-state index in [2.05, 4.69) is 30.3 Å². The fourth-order valence-corrected chi connectivity index (χ4v) is 5.04. The van der Waals surface area contributed by atoms with Crippen LogP contribution in [0.25, 0.3) is 0 Å². The smallest absolute Gasteiger partial charge is 0.141 e. The highest BCUT2D eigenvalue weighted by molar-refractivity contribution is 5.87. The number of carbonyl (C=O) groups is 1. The van der Waals surface area contributed by atoms with Gasteiger partial charge in [0.1, 0.15) is 5.78 Å². The van der Waals surface area contributed by atoms with Crippen molar-refractivity contribution in [2.45, 2.75) is 57.3 Å². The lowest BCUT2D eigenvalue weighted by Gasteiger charge is -2.32. The molecule has 1 aromatic rings. The van der Waals surface area contributed by atoms with Crippen LogP contribution in [0.2, 0.25) is 0 Å². The molecule has 4 rings (SSSR count). The average molecular weight is 280 g/mol. The molecule has 2 saturated carbocycles. The standard InChI is InChI=1S/C20H24O/c21-19-13-15-9-6-12-16(15)17-10-4-5-11-18(17)20(19)14-7-2-1-3-8-14/h1-3,7-8,15,18,20H,4-6,9-13H2/t15-,18-,20?/m0/s1. The highest BCUT2D eigenvalue weighted by Gasteiger charge is 2.41. The number of ketones is 1. The molecule has 0 aromatic heterocycles. The summed E-state index contributed by atoms with van der Waals surface area (Å²) in [7, 11) is 0. The van der Waals surface area contributed by atoms with Crippen molar-refractivity contribution in [2.75, 3.05) is 0 Å². The number of benzene rings is 1. The summed E-state index contributed by atoms with van der Waals surface area (Å²) in [5.41, 5.74) is 4.66. The van der Waals surface area contributed by atoms with E-state index in [1.54, 1.807) is 11.1 Å². The summed E-state index contributed by atoms with van der Waals surface area (Å²) in [6, 6.07) is 10.6. The van der Waals surface area contributed by atoms with Crippen molar-refractivity contribution in [3.05, 3.63) is 47.0 Å². The van der Waals surface area contributed by atoms with E-state index in [1.807, 2.05) is 0 Å². The largest absolute Gasteiger partial charge is 0.299 e. The summed E-state index contributed by atoms with van der Waals surface area (Å²) in [6.45, 7) is 0. The van der Waals surface area contributed by atoms with Gasteiger partial charge in [-0.1, -0.05) is 47.9 Å². The van der Waals surface area contributed by atoms with E-state index in [-0.39, 0.29) is 5.92 Å². The molecule has 1 unspecified atom stereocenters. The van der Waals surface area contributed by atoms with Crippen LogP contribution in [0, 0.1) is 11.8 Å². The Labute approximate surface area is 127 Å². The summed E-state index contributed by atoms with van der Waals surface area (Å²) >= 11 is 0. The summed E-state index contributed by atoms with van der Waals surface area (Å²) in [5, 5.41) is 0. The van der Waals surface area contributed by atoms with Crippen molar-refractivity contribution in [3.8, 4) is 0 Å². The molecule has 0 heterocycles. The third-order valence-electron chi connectivity index (χ3n) is 5.92. The van der Waals surface area contributed by atoms with Crippen molar-refractivity contribution in [1.29, 1.82) is 0 Å². The molecule has 1 nitrogen and oxygen atoms in total. The molecule has 1 aromatic carbocycles. The Morgan fingerprint density at radius 3 is 2.52 bits per heavy atom. The molecule has 3 aliphatic carbocycles. The molecule has 0 saturated heterocycles. The number of Topliss-reactive ketones (excluding diaryl/α,β-unsaturated/α-hetero) is 1. The van der Waals surface area contributed by atoms with E-state index >= 15 is 0 Å². The van der Waals surface area contributed by atoms with Crippen molar-refractivity contribution >= 4 is 5.78 Å². The molecule has 110 valence electrons. The van der Waals surface area contributed by atoms with Crippen LogP contribution in [0.5, 0.6) is 0 Å². The lowest BCUT2D eigenvalue weighted by Crippen LogP contribution is -2.24. The maximum atomic E-state index is 13.0. The molecule has 1 heteroatoms. The first kappa shape index (κ1) is 13.3.